The Kier molecular flexibility index (Phi) is 8.68. The standard InChI is InChI=1S/C31H33N7S/c1-3-39-35-19-17-22(2)20-33-21-23-11-13-25(14-12-23)38-30(26-10-7-18-34-29(26)32)37-28-16-15-27(36-31(28)38)24-8-5-4-6-9-24/h3-16,18,22,33,35H,1,17,19-21H2,2H3,(H2,32,34). The number of benzene rings is 2. The van der Waals surface area contributed by atoms with E-state index in [2.05, 4.69) is 69.5 Å². The predicted octanol–water partition coefficient (Wildman–Crippen LogP) is 6.23. The third-order valence-corrected chi connectivity index (χ3v) is 7.11. The minimum absolute atomic E-state index is 0.436. The first-order valence-electron chi connectivity index (χ1n) is 13.1. The molecule has 2 aromatic carbocycles. The summed E-state index contributed by atoms with van der Waals surface area (Å²) in [7, 11) is 0. The van der Waals surface area contributed by atoms with Crippen LogP contribution in [0.25, 0.3) is 39.5 Å². The number of aromatic nitrogens is 4. The van der Waals surface area contributed by atoms with E-state index in [1.165, 1.54) is 5.56 Å². The lowest BCUT2D eigenvalue weighted by Crippen LogP contribution is -2.22. The Bertz CT molecular complexity index is 1530. The Morgan fingerprint density at radius 2 is 1.82 bits per heavy atom. The van der Waals surface area contributed by atoms with Crippen LogP contribution in [0.3, 0.4) is 0 Å². The van der Waals surface area contributed by atoms with Crippen molar-refractivity contribution in [2.75, 3.05) is 18.8 Å². The smallest absolute Gasteiger partial charge is 0.165 e. The van der Waals surface area contributed by atoms with Gasteiger partial charge in [-0.15, -0.1) is 0 Å². The van der Waals surface area contributed by atoms with E-state index in [1.807, 2.05) is 47.9 Å². The van der Waals surface area contributed by atoms with Gasteiger partial charge in [-0.1, -0.05) is 67.9 Å². The summed E-state index contributed by atoms with van der Waals surface area (Å²) >= 11 is 1.54. The fourth-order valence-corrected chi connectivity index (χ4v) is 4.86. The van der Waals surface area contributed by atoms with Crippen LogP contribution in [-0.2, 0) is 6.54 Å². The van der Waals surface area contributed by atoms with Gasteiger partial charge in [0.15, 0.2) is 11.5 Å². The van der Waals surface area contributed by atoms with Crippen LogP contribution >= 0.6 is 11.9 Å². The number of fused-ring (bicyclic) bond motifs is 1. The Morgan fingerprint density at radius 3 is 2.59 bits per heavy atom. The van der Waals surface area contributed by atoms with E-state index >= 15 is 0 Å². The highest BCUT2D eigenvalue weighted by Crippen LogP contribution is 2.31. The molecule has 0 aliphatic carbocycles. The number of anilines is 1. The van der Waals surface area contributed by atoms with Crippen LogP contribution in [-0.4, -0.2) is 32.6 Å². The number of hydrogen-bond donors (Lipinski definition) is 3. The van der Waals surface area contributed by atoms with Gasteiger partial charge < -0.3 is 11.1 Å². The van der Waals surface area contributed by atoms with Gasteiger partial charge in [0, 0.05) is 30.5 Å². The molecule has 5 rings (SSSR count). The summed E-state index contributed by atoms with van der Waals surface area (Å²) in [4.78, 5) is 14.3. The van der Waals surface area contributed by atoms with Crippen LogP contribution in [0.2, 0.25) is 0 Å². The fraction of sp³-hybridized carbons (Fsp3) is 0.194. The number of nitrogens with two attached hydrogens (primary N) is 1. The molecule has 0 aliphatic rings. The van der Waals surface area contributed by atoms with Crippen LogP contribution < -0.4 is 15.8 Å². The van der Waals surface area contributed by atoms with Crippen LogP contribution in [0.1, 0.15) is 18.9 Å². The molecule has 8 heteroatoms. The lowest BCUT2D eigenvalue weighted by molar-refractivity contribution is 0.482. The summed E-state index contributed by atoms with van der Waals surface area (Å²) in [6.45, 7) is 8.72. The van der Waals surface area contributed by atoms with E-state index in [4.69, 9.17) is 15.7 Å². The molecule has 39 heavy (non-hydrogen) atoms. The SMILES string of the molecule is C=CSNCCC(C)CNCc1ccc(-n2c(-c3cccnc3N)nc3ccc(-c4ccccc4)nc32)cc1. The highest BCUT2D eigenvalue weighted by molar-refractivity contribution is 8.00. The third-order valence-electron chi connectivity index (χ3n) is 6.58. The van der Waals surface area contributed by atoms with Gasteiger partial charge in [0.05, 0.1) is 11.3 Å². The molecule has 0 spiro atoms. The molecule has 198 valence electrons. The maximum absolute atomic E-state index is 6.29. The lowest BCUT2D eigenvalue weighted by atomic mass is 10.1. The van der Waals surface area contributed by atoms with Crippen molar-refractivity contribution >= 4 is 28.9 Å². The Morgan fingerprint density at radius 1 is 1.00 bits per heavy atom. The van der Waals surface area contributed by atoms with Crippen LogP contribution in [0.4, 0.5) is 5.82 Å². The maximum Gasteiger partial charge on any atom is 0.165 e. The van der Waals surface area contributed by atoms with Gasteiger partial charge in [0.25, 0.3) is 0 Å². The van der Waals surface area contributed by atoms with Gasteiger partial charge >= 0.3 is 0 Å². The molecule has 0 saturated carbocycles. The van der Waals surface area contributed by atoms with Gasteiger partial charge in [-0.2, -0.15) is 0 Å². The number of nitrogens with zero attached hydrogens (tertiary/aromatic N) is 4. The zero-order valence-corrected chi connectivity index (χ0v) is 22.9. The minimum Gasteiger partial charge on any atom is -0.383 e. The summed E-state index contributed by atoms with van der Waals surface area (Å²) in [5.74, 6) is 1.73. The number of hydrogen-bond acceptors (Lipinski definition) is 7. The first-order valence-corrected chi connectivity index (χ1v) is 14.0. The zero-order valence-electron chi connectivity index (χ0n) is 22.0. The molecular formula is C31H33N7S. The van der Waals surface area contributed by atoms with E-state index in [-0.39, 0.29) is 0 Å². The van der Waals surface area contributed by atoms with Gasteiger partial charge in [-0.25, -0.2) is 15.0 Å². The number of rotatable bonds is 12. The van der Waals surface area contributed by atoms with E-state index in [9.17, 15) is 0 Å². The first kappa shape index (κ1) is 26.6. The molecule has 0 radical (unpaired) electrons. The summed E-state index contributed by atoms with van der Waals surface area (Å²) in [6.07, 6.45) is 2.80. The van der Waals surface area contributed by atoms with E-state index in [0.29, 0.717) is 11.7 Å². The van der Waals surface area contributed by atoms with Gasteiger partial charge in [0.1, 0.15) is 11.3 Å². The topological polar surface area (TPSA) is 93.7 Å². The van der Waals surface area contributed by atoms with Crippen molar-refractivity contribution in [1.82, 2.24) is 29.6 Å². The van der Waals surface area contributed by atoms with Crippen LogP contribution in [0, 0.1) is 5.92 Å². The van der Waals surface area contributed by atoms with Crippen molar-refractivity contribution in [3.63, 3.8) is 0 Å². The van der Waals surface area contributed by atoms with Crippen molar-refractivity contribution in [2.24, 2.45) is 5.92 Å². The third kappa shape index (κ3) is 6.37. The van der Waals surface area contributed by atoms with Crippen molar-refractivity contribution in [3.05, 3.63) is 103 Å². The van der Waals surface area contributed by atoms with Crippen molar-refractivity contribution in [2.45, 2.75) is 19.9 Å². The average Bonchev–Trinajstić information content (AvgIpc) is 3.35. The van der Waals surface area contributed by atoms with Crippen molar-refractivity contribution in [3.8, 4) is 28.3 Å². The van der Waals surface area contributed by atoms with Gasteiger partial charge in [0.2, 0.25) is 0 Å². The van der Waals surface area contributed by atoms with Gasteiger partial charge in [-0.05, 0) is 66.3 Å². The van der Waals surface area contributed by atoms with Gasteiger partial charge in [-0.3, -0.25) is 9.29 Å². The second-order valence-electron chi connectivity index (χ2n) is 9.48. The summed E-state index contributed by atoms with van der Waals surface area (Å²) in [5.41, 5.74) is 12.8. The monoisotopic (exact) mass is 535 g/mol. The maximum atomic E-state index is 6.29. The lowest BCUT2D eigenvalue weighted by Gasteiger charge is -2.14. The summed E-state index contributed by atoms with van der Waals surface area (Å²) < 4.78 is 5.36. The summed E-state index contributed by atoms with van der Waals surface area (Å²) in [6, 6.07) is 26.6. The normalized spacial score (nSPS) is 12.0. The Balaban J connectivity index is 1.42. The molecule has 0 fully saturated rings. The largest absolute Gasteiger partial charge is 0.383 e. The van der Waals surface area contributed by atoms with Crippen LogP contribution in [0.5, 0.6) is 0 Å². The highest BCUT2D eigenvalue weighted by Gasteiger charge is 2.18. The minimum atomic E-state index is 0.436. The Hall–Kier alpha value is -3.98. The molecule has 3 heterocycles. The molecule has 5 aromatic rings. The number of nitrogens with one attached hydrogen (secondary N) is 2. The molecule has 0 saturated heterocycles. The summed E-state index contributed by atoms with van der Waals surface area (Å²) in [5, 5.41) is 5.40. The molecule has 0 amide bonds. The second-order valence-corrected chi connectivity index (χ2v) is 10.3. The molecule has 0 bridgehead atoms. The molecule has 7 nitrogen and oxygen atoms in total. The highest BCUT2D eigenvalue weighted by atomic mass is 32.2. The zero-order chi connectivity index (χ0) is 27.0. The van der Waals surface area contributed by atoms with E-state index in [1.54, 1.807) is 18.1 Å². The van der Waals surface area contributed by atoms with E-state index < -0.39 is 0 Å². The Labute approximate surface area is 233 Å². The molecular weight excluding hydrogens is 502 g/mol. The number of pyridine rings is 2. The first-order chi connectivity index (χ1) is 19.1. The molecule has 4 N–H and O–H groups in total. The fourth-order valence-electron chi connectivity index (χ4n) is 4.51. The number of imidazole rings is 1. The van der Waals surface area contributed by atoms with Crippen molar-refractivity contribution in [1.29, 1.82) is 0 Å². The van der Waals surface area contributed by atoms with Crippen LogP contribution in [0.15, 0.2) is 97.0 Å². The van der Waals surface area contributed by atoms with E-state index in [0.717, 1.165) is 65.6 Å². The average molecular weight is 536 g/mol. The number of nitrogen functional groups attached to an aromatic ring is 1. The quantitative estimate of drug-likeness (QED) is 0.129. The predicted molar refractivity (Wildman–Crippen MR) is 163 cm³/mol. The molecule has 1 unspecified atom stereocenters. The van der Waals surface area contributed by atoms with Crippen molar-refractivity contribution < 1.29 is 0 Å². The molecule has 0 aliphatic heterocycles. The second kappa shape index (κ2) is 12.7. The molecule has 3 aromatic heterocycles. The molecule has 1 atom stereocenters.